The minimum Gasteiger partial charge on any atom is -0.481 e. The summed E-state index contributed by atoms with van der Waals surface area (Å²) < 4.78 is 27.5. The highest BCUT2D eigenvalue weighted by molar-refractivity contribution is 5.92. The molecular weight excluding hydrogens is 384 g/mol. The highest BCUT2D eigenvalue weighted by Crippen LogP contribution is 2.22. The van der Waals surface area contributed by atoms with Gasteiger partial charge in [-0.1, -0.05) is 6.07 Å². The molecule has 0 saturated heterocycles. The van der Waals surface area contributed by atoms with E-state index < -0.39 is 41.5 Å². The summed E-state index contributed by atoms with van der Waals surface area (Å²) in [7, 11) is 0. The van der Waals surface area contributed by atoms with Gasteiger partial charge in [0, 0.05) is 6.07 Å². The molecule has 0 fully saturated rings. The normalized spacial score (nSPS) is 11.8. The van der Waals surface area contributed by atoms with Crippen LogP contribution in [-0.4, -0.2) is 26.8 Å². The first-order chi connectivity index (χ1) is 13.7. The number of aliphatic carboxylic acids is 1. The number of nitrogens with one attached hydrogen (secondary N) is 2. The number of rotatable bonds is 6. The molecule has 1 amide bonds. The average molecular weight is 401 g/mol. The lowest BCUT2D eigenvalue weighted by Crippen LogP contribution is -2.31. The summed E-state index contributed by atoms with van der Waals surface area (Å²) in [5.74, 6) is -2.82. The van der Waals surface area contributed by atoms with E-state index in [4.69, 9.17) is 0 Å². The van der Waals surface area contributed by atoms with Crippen molar-refractivity contribution in [2.24, 2.45) is 0 Å². The Hall–Kier alpha value is -3.75. The number of nitrogens with zero attached hydrogens (tertiary/aromatic N) is 1. The third-order valence-corrected chi connectivity index (χ3v) is 4.34. The molecule has 7 nitrogen and oxygen atoms in total. The van der Waals surface area contributed by atoms with Crippen LogP contribution in [0.15, 0.2) is 53.3 Å². The van der Waals surface area contributed by atoms with Gasteiger partial charge in [-0.25, -0.2) is 13.5 Å². The fourth-order valence-corrected chi connectivity index (χ4v) is 2.97. The molecule has 0 spiro atoms. The zero-order chi connectivity index (χ0) is 21.1. The van der Waals surface area contributed by atoms with Gasteiger partial charge in [-0.15, -0.1) is 0 Å². The van der Waals surface area contributed by atoms with Gasteiger partial charge in [-0.05, 0) is 54.4 Å². The van der Waals surface area contributed by atoms with E-state index in [-0.39, 0.29) is 5.69 Å². The Morgan fingerprint density at radius 2 is 1.76 bits per heavy atom. The number of amides is 1. The van der Waals surface area contributed by atoms with Gasteiger partial charge in [0.05, 0.1) is 18.2 Å². The lowest BCUT2D eigenvalue weighted by Gasteiger charge is -2.19. The summed E-state index contributed by atoms with van der Waals surface area (Å²) >= 11 is 0. The van der Waals surface area contributed by atoms with E-state index >= 15 is 0 Å². The van der Waals surface area contributed by atoms with Crippen LogP contribution in [-0.2, 0) is 4.79 Å². The highest BCUT2D eigenvalue weighted by atomic mass is 19.1. The van der Waals surface area contributed by atoms with Crippen molar-refractivity contribution in [2.45, 2.75) is 19.4 Å². The van der Waals surface area contributed by atoms with Crippen molar-refractivity contribution in [2.75, 3.05) is 0 Å². The lowest BCUT2D eigenvalue weighted by atomic mass is 9.98. The van der Waals surface area contributed by atoms with Crippen molar-refractivity contribution < 1.29 is 23.5 Å². The number of hydrogen-bond donors (Lipinski definition) is 3. The summed E-state index contributed by atoms with van der Waals surface area (Å²) in [6, 6.07) is 9.01. The Morgan fingerprint density at radius 1 is 1.10 bits per heavy atom. The first-order valence-electron chi connectivity index (χ1n) is 8.61. The van der Waals surface area contributed by atoms with Crippen molar-refractivity contribution in [1.29, 1.82) is 0 Å². The molecule has 0 saturated carbocycles. The monoisotopic (exact) mass is 401 g/mol. The van der Waals surface area contributed by atoms with Crippen LogP contribution in [0.25, 0.3) is 5.69 Å². The number of carbonyl (C=O) groups is 2. The average Bonchev–Trinajstić information content (AvgIpc) is 3.03. The SMILES string of the molecule is Cc1cc(F)ccc1C(CC(=O)O)NC(=O)c1cc(=O)n(-c2ccc(F)cc2)[nH]1. The molecule has 29 heavy (non-hydrogen) atoms. The number of halogens is 2. The van der Waals surface area contributed by atoms with E-state index in [0.717, 1.165) is 10.7 Å². The van der Waals surface area contributed by atoms with Gasteiger partial charge in [0.25, 0.3) is 11.5 Å². The number of carboxylic acid groups (broad SMARTS) is 1. The first-order valence-corrected chi connectivity index (χ1v) is 8.61. The van der Waals surface area contributed by atoms with Crippen molar-refractivity contribution in [3.05, 3.63) is 87.3 Å². The molecule has 150 valence electrons. The maximum atomic E-state index is 13.4. The Labute approximate surface area is 163 Å². The van der Waals surface area contributed by atoms with Crippen LogP contribution >= 0.6 is 0 Å². The minimum absolute atomic E-state index is 0.102. The Kier molecular flexibility index (Phi) is 5.58. The van der Waals surface area contributed by atoms with Crippen LogP contribution in [0.3, 0.4) is 0 Å². The molecule has 3 N–H and O–H groups in total. The number of aryl methyl sites for hydroxylation is 1. The van der Waals surface area contributed by atoms with Gasteiger partial charge in [-0.3, -0.25) is 19.5 Å². The third-order valence-electron chi connectivity index (χ3n) is 4.34. The fourth-order valence-electron chi connectivity index (χ4n) is 2.97. The summed E-state index contributed by atoms with van der Waals surface area (Å²) in [5.41, 5.74) is 0.604. The molecule has 1 atom stereocenters. The largest absolute Gasteiger partial charge is 0.481 e. The second-order valence-corrected chi connectivity index (χ2v) is 6.44. The van der Waals surface area contributed by atoms with Crippen molar-refractivity contribution in [3.63, 3.8) is 0 Å². The smallest absolute Gasteiger partial charge is 0.305 e. The van der Waals surface area contributed by atoms with E-state index in [9.17, 15) is 28.3 Å². The van der Waals surface area contributed by atoms with Gasteiger partial charge >= 0.3 is 5.97 Å². The molecule has 1 unspecified atom stereocenters. The number of aromatic nitrogens is 2. The maximum absolute atomic E-state index is 13.4. The number of carbonyl (C=O) groups excluding carboxylic acids is 1. The molecular formula is C20H17F2N3O4. The molecule has 3 rings (SSSR count). The number of aromatic amines is 1. The molecule has 3 aromatic rings. The molecule has 2 aromatic carbocycles. The molecule has 9 heteroatoms. The second-order valence-electron chi connectivity index (χ2n) is 6.44. The van der Waals surface area contributed by atoms with E-state index in [1.54, 1.807) is 6.92 Å². The topological polar surface area (TPSA) is 104 Å². The van der Waals surface area contributed by atoms with E-state index in [1.165, 1.54) is 42.5 Å². The van der Waals surface area contributed by atoms with Crippen LogP contribution in [0.5, 0.6) is 0 Å². The summed E-state index contributed by atoms with van der Waals surface area (Å²) in [6.07, 6.45) is -0.429. The molecule has 1 heterocycles. The number of carboxylic acids is 1. The predicted molar refractivity (Wildman–Crippen MR) is 99.9 cm³/mol. The van der Waals surface area contributed by atoms with Crippen molar-refractivity contribution in [3.8, 4) is 5.69 Å². The van der Waals surface area contributed by atoms with Crippen LogP contribution in [0.2, 0.25) is 0 Å². The van der Waals surface area contributed by atoms with Crippen LogP contribution in [0.1, 0.15) is 34.1 Å². The zero-order valence-electron chi connectivity index (χ0n) is 15.3. The van der Waals surface area contributed by atoms with Crippen LogP contribution < -0.4 is 10.9 Å². The maximum Gasteiger partial charge on any atom is 0.305 e. The molecule has 0 aliphatic rings. The zero-order valence-corrected chi connectivity index (χ0v) is 15.3. The van der Waals surface area contributed by atoms with E-state index in [2.05, 4.69) is 10.4 Å². The summed E-state index contributed by atoms with van der Waals surface area (Å²) in [5, 5.41) is 14.3. The van der Waals surface area contributed by atoms with E-state index in [1.807, 2.05) is 0 Å². The summed E-state index contributed by atoms with van der Waals surface area (Å²) in [6.45, 7) is 1.60. The minimum atomic E-state index is -1.16. The quantitative estimate of drug-likeness (QED) is 0.591. The van der Waals surface area contributed by atoms with Crippen molar-refractivity contribution >= 4 is 11.9 Å². The Balaban J connectivity index is 1.88. The molecule has 0 aliphatic carbocycles. The number of benzene rings is 2. The third kappa shape index (κ3) is 4.57. The second kappa shape index (κ2) is 8.09. The van der Waals surface area contributed by atoms with E-state index in [0.29, 0.717) is 16.8 Å². The molecule has 0 bridgehead atoms. The molecule has 0 radical (unpaired) electrons. The van der Waals surface area contributed by atoms with Gasteiger partial charge < -0.3 is 10.4 Å². The van der Waals surface area contributed by atoms with Crippen LogP contribution in [0, 0.1) is 18.6 Å². The van der Waals surface area contributed by atoms with Gasteiger partial charge in [0.1, 0.15) is 17.3 Å². The fraction of sp³-hybridized carbons (Fsp3) is 0.150. The highest BCUT2D eigenvalue weighted by Gasteiger charge is 2.22. The number of H-pyrrole nitrogens is 1. The number of hydrogen-bond acceptors (Lipinski definition) is 3. The Bertz CT molecular complexity index is 1120. The summed E-state index contributed by atoms with van der Waals surface area (Å²) in [4.78, 5) is 36.0. The standard InChI is InChI=1S/C20H17F2N3O4/c1-11-8-13(22)4-7-15(11)16(10-19(27)28)23-20(29)17-9-18(26)25(24-17)14-5-2-12(21)3-6-14/h2-9,16,24H,10H2,1H3,(H,23,29)(H,27,28). The van der Waals surface area contributed by atoms with Crippen LogP contribution in [0.4, 0.5) is 8.78 Å². The molecule has 0 aliphatic heterocycles. The van der Waals surface area contributed by atoms with Gasteiger partial charge in [0.2, 0.25) is 0 Å². The predicted octanol–water partition coefficient (Wildman–Crippen LogP) is 2.70. The lowest BCUT2D eigenvalue weighted by molar-refractivity contribution is -0.137. The van der Waals surface area contributed by atoms with Gasteiger partial charge in [-0.2, -0.15) is 0 Å². The Morgan fingerprint density at radius 3 is 2.38 bits per heavy atom. The van der Waals surface area contributed by atoms with Crippen molar-refractivity contribution in [1.82, 2.24) is 15.1 Å². The molecule has 1 aromatic heterocycles. The first kappa shape index (κ1) is 20.0. The van der Waals surface area contributed by atoms with Gasteiger partial charge in [0.15, 0.2) is 0 Å².